The second-order valence-corrected chi connectivity index (χ2v) is 5.74. The number of hydrogen-bond acceptors (Lipinski definition) is 4. The van der Waals surface area contributed by atoms with Crippen LogP contribution in [0.4, 0.5) is 5.69 Å². The number of aromatic nitrogens is 1. The monoisotopic (exact) mass is 292 g/mol. The maximum absolute atomic E-state index is 12.1. The molecule has 0 aliphatic heterocycles. The third-order valence-electron chi connectivity index (χ3n) is 2.97. The molecule has 1 heterocycles. The smallest absolute Gasteiger partial charge is 0.244 e. The molecule has 1 atom stereocenters. The first kappa shape index (κ1) is 16.9. The highest BCUT2D eigenvalue weighted by atomic mass is 16.2. The van der Waals surface area contributed by atoms with E-state index >= 15 is 0 Å². The molecule has 0 radical (unpaired) electrons. The second-order valence-electron chi connectivity index (χ2n) is 5.74. The van der Waals surface area contributed by atoms with Gasteiger partial charge >= 0.3 is 0 Å². The van der Waals surface area contributed by atoms with E-state index in [9.17, 15) is 9.59 Å². The minimum atomic E-state index is -0.499. The van der Waals surface area contributed by atoms with Crippen molar-refractivity contribution in [2.75, 3.05) is 19.8 Å². The summed E-state index contributed by atoms with van der Waals surface area (Å²) in [7, 11) is 3.37. The van der Waals surface area contributed by atoms with Crippen LogP contribution in [0.15, 0.2) is 18.3 Å². The van der Waals surface area contributed by atoms with Gasteiger partial charge in [0.05, 0.1) is 18.3 Å². The highest BCUT2D eigenvalue weighted by Gasteiger charge is 2.23. The van der Waals surface area contributed by atoms with Crippen molar-refractivity contribution in [2.45, 2.75) is 32.7 Å². The molecular weight excluding hydrogens is 268 g/mol. The Hall–Kier alpha value is -2.11. The normalized spacial score (nSPS) is 12.0. The van der Waals surface area contributed by atoms with Crippen molar-refractivity contribution in [3.63, 3.8) is 0 Å². The number of hydrogen-bond donors (Lipinski definition) is 2. The predicted octanol–water partition coefficient (Wildman–Crippen LogP) is 0.825. The van der Waals surface area contributed by atoms with Crippen LogP contribution in [0, 0.1) is 5.92 Å². The van der Waals surface area contributed by atoms with Crippen molar-refractivity contribution in [3.05, 3.63) is 24.0 Å². The van der Waals surface area contributed by atoms with E-state index in [0.29, 0.717) is 23.7 Å². The summed E-state index contributed by atoms with van der Waals surface area (Å²) >= 11 is 0. The number of nitrogens with one attached hydrogen (secondary N) is 1. The third-order valence-corrected chi connectivity index (χ3v) is 2.97. The summed E-state index contributed by atoms with van der Waals surface area (Å²) in [5.41, 5.74) is 6.74. The summed E-state index contributed by atoms with van der Waals surface area (Å²) in [6.45, 7) is 4.03. The van der Waals surface area contributed by atoms with Crippen molar-refractivity contribution in [3.8, 4) is 0 Å². The van der Waals surface area contributed by atoms with Gasteiger partial charge in [-0.1, -0.05) is 13.8 Å². The van der Waals surface area contributed by atoms with Gasteiger partial charge in [0.15, 0.2) is 0 Å². The van der Waals surface area contributed by atoms with E-state index < -0.39 is 6.04 Å². The van der Waals surface area contributed by atoms with Crippen molar-refractivity contribution < 1.29 is 9.59 Å². The van der Waals surface area contributed by atoms with Gasteiger partial charge in [-0.25, -0.2) is 0 Å². The van der Waals surface area contributed by atoms with Crippen LogP contribution in [-0.4, -0.2) is 41.8 Å². The Bertz CT molecular complexity index is 483. The molecule has 116 valence electrons. The summed E-state index contributed by atoms with van der Waals surface area (Å²) in [6.07, 6.45) is 2.26. The lowest BCUT2D eigenvalue weighted by Crippen LogP contribution is -2.47. The van der Waals surface area contributed by atoms with Crippen LogP contribution in [0.25, 0.3) is 0 Å². The number of carbonyl (C=O) groups is 2. The van der Waals surface area contributed by atoms with Crippen LogP contribution in [0.1, 0.15) is 26.0 Å². The van der Waals surface area contributed by atoms with Gasteiger partial charge in [0, 0.05) is 19.8 Å². The Balaban J connectivity index is 2.67. The zero-order chi connectivity index (χ0) is 16.0. The van der Waals surface area contributed by atoms with E-state index in [1.54, 1.807) is 26.2 Å². The number of nitrogens with zero attached hydrogens (tertiary/aromatic N) is 2. The number of rotatable bonds is 6. The van der Waals surface area contributed by atoms with Gasteiger partial charge in [0.2, 0.25) is 11.8 Å². The molecule has 0 spiro atoms. The quantitative estimate of drug-likeness (QED) is 0.812. The van der Waals surface area contributed by atoms with Crippen LogP contribution in [0.3, 0.4) is 0 Å². The second kappa shape index (κ2) is 7.61. The number of anilines is 1. The fraction of sp³-hybridized carbons (Fsp3) is 0.533. The standard InChI is InChI=1S/C15H24N4O2/c1-10(2)7-13(15(21)19(3)4)18-14(20)8-12-6-5-11(16)9-17-12/h5-6,9-10,13H,7-8,16H2,1-4H3,(H,18,20). The minimum absolute atomic E-state index is 0.0951. The lowest BCUT2D eigenvalue weighted by molar-refractivity contribution is -0.134. The molecule has 0 saturated heterocycles. The molecule has 0 saturated carbocycles. The van der Waals surface area contributed by atoms with E-state index in [-0.39, 0.29) is 18.2 Å². The van der Waals surface area contributed by atoms with Crippen molar-refractivity contribution >= 4 is 17.5 Å². The average Bonchev–Trinajstić information content (AvgIpc) is 2.39. The summed E-state index contributed by atoms with van der Waals surface area (Å²) in [5, 5.41) is 2.79. The molecule has 3 N–H and O–H groups in total. The predicted molar refractivity (Wildman–Crippen MR) is 82.4 cm³/mol. The fourth-order valence-electron chi connectivity index (χ4n) is 1.95. The Morgan fingerprint density at radius 1 is 1.33 bits per heavy atom. The Kier molecular flexibility index (Phi) is 6.14. The van der Waals surface area contributed by atoms with Gasteiger partial charge in [0.1, 0.15) is 6.04 Å². The molecule has 1 rings (SSSR count). The first-order valence-corrected chi connectivity index (χ1v) is 7.00. The molecule has 1 aromatic rings. The molecule has 1 unspecified atom stereocenters. The van der Waals surface area contributed by atoms with Gasteiger partial charge in [-0.2, -0.15) is 0 Å². The van der Waals surface area contributed by atoms with Gasteiger partial charge in [-0.15, -0.1) is 0 Å². The molecule has 0 aliphatic rings. The largest absolute Gasteiger partial charge is 0.397 e. The first-order valence-electron chi connectivity index (χ1n) is 7.00. The zero-order valence-electron chi connectivity index (χ0n) is 13.1. The highest BCUT2D eigenvalue weighted by Crippen LogP contribution is 2.08. The van der Waals surface area contributed by atoms with E-state index in [1.165, 1.54) is 11.1 Å². The molecule has 1 aromatic heterocycles. The first-order chi connectivity index (χ1) is 9.79. The van der Waals surface area contributed by atoms with E-state index in [0.717, 1.165) is 0 Å². The van der Waals surface area contributed by atoms with Gasteiger partial charge in [0.25, 0.3) is 0 Å². The molecular formula is C15H24N4O2. The number of likely N-dealkylation sites (N-methyl/N-ethyl adjacent to an activating group) is 1. The maximum Gasteiger partial charge on any atom is 0.244 e. The van der Waals surface area contributed by atoms with Crippen molar-refractivity contribution in [1.29, 1.82) is 0 Å². The molecule has 6 heteroatoms. The topological polar surface area (TPSA) is 88.3 Å². The van der Waals surface area contributed by atoms with E-state index in [1.807, 2.05) is 13.8 Å². The van der Waals surface area contributed by atoms with E-state index in [4.69, 9.17) is 5.73 Å². The summed E-state index contributed by atoms with van der Waals surface area (Å²) in [4.78, 5) is 29.7. The molecule has 21 heavy (non-hydrogen) atoms. The molecule has 0 aliphatic carbocycles. The zero-order valence-corrected chi connectivity index (χ0v) is 13.1. The summed E-state index contributed by atoms with van der Waals surface area (Å²) in [5.74, 6) is 0.00397. The molecule has 2 amide bonds. The average molecular weight is 292 g/mol. The molecule has 0 aromatic carbocycles. The summed E-state index contributed by atoms with van der Waals surface area (Å²) in [6, 6.07) is 2.91. The molecule has 0 bridgehead atoms. The van der Waals surface area contributed by atoms with Crippen molar-refractivity contribution in [1.82, 2.24) is 15.2 Å². The number of nitrogen functional groups attached to an aromatic ring is 1. The Morgan fingerprint density at radius 3 is 2.48 bits per heavy atom. The molecule has 6 nitrogen and oxygen atoms in total. The third kappa shape index (κ3) is 5.81. The van der Waals surface area contributed by atoms with Crippen LogP contribution in [0.5, 0.6) is 0 Å². The maximum atomic E-state index is 12.1. The Labute approximate surface area is 125 Å². The van der Waals surface area contributed by atoms with Crippen molar-refractivity contribution in [2.24, 2.45) is 5.92 Å². The van der Waals surface area contributed by atoms with Gasteiger partial charge < -0.3 is 16.0 Å². The van der Waals surface area contributed by atoms with E-state index in [2.05, 4.69) is 10.3 Å². The lowest BCUT2D eigenvalue weighted by atomic mass is 10.0. The van der Waals surface area contributed by atoms with Crippen LogP contribution in [-0.2, 0) is 16.0 Å². The van der Waals surface area contributed by atoms with Crippen LogP contribution < -0.4 is 11.1 Å². The highest BCUT2D eigenvalue weighted by molar-refractivity contribution is 5.88. The number of nitrogens with two attached hydrogens (primary N) is 1. The summed E-state index contributed by atoms with van der Waals surface area (Å²) < 4.78 is 0. The van der Waals surface area contributed by atoms with Gasteiger partial charge in [-0.3, -0.25) is 14.6 Å². The number of amides is 2. The number of carbonyl (C=O) groups excluding carboxylic acids is 2. The number of pyridine rings is 1. The minimum Gasteiger partial charge on any atom is -0.397 e. The van der Waals surface area contributed by atoms with Crippen LogP contribution >= 0.6 is 0 Å². The fourth-order valence-corrected chi connectivity index (χ4v) is 1.95. The van der Waals surface area contributed by atoms with Gasteiger partial charge in [-0.05, 0) is 24.5 Å². The SMILES string of the molecule is CC(C)CC(NC(=O)Cc1ccc(N)cn1)C(=O)N(C)C. The lowest BCUT2D eigenvalue weighted by Gasteiger charge is -2.23. The van der Waals surface area contributed by atoms with Crippen LogP contribution in [0.2, 0.25) is 0 Å². The Morgan fingerprint density at radius 2 is 2.00 bits per heavy atom. The molecule has 0 fully saturated rings.